The van der Waals surface area contributed by atoms with Crippen LogP contribution in [0.2, 0.25) is 5.02 Å². The zero-order chi connectivity index (χ0) is 16.1. The molecule has 0 unspecified atom stereocenters. The Balaban J connectivity index is 1.68. The average Bonchev–Trinajstić information content (AvgIpc) is 3.10. The van der Waals surface area contributed by atoms with Gasteiger partial charge in [-0.05, 0) is 30.5 Å². The number of nitrogens with zero attached hydrogens (tertiary/aromatic N) is 1. The molecule has 0 aliphatic carbocycles. The quantitative estimate of drug-likeness (QED) is 0.892. The number of ether oxygens (including phenoxy) is 2. The number of morpholine rings is 1. The highest BCUT2D eigenvalue weighted by molar-refractivity contribution is 6.30. The molecule has 0 saturated carbocycles. The third kappa shape index (κ3) is 4.44. The van der Waals surface area contributed by atoms with Gasteiger partial charge in [-0.25, -0.2) is 0 Å². The minimum absolute atomic E-state index is 0.0113. The molecule has 2 saturated heterocycles. The molecule has 0 aromatic heterocycles. The fraction of sp³-hybridized carbons (Fsp3) is 0.588. The molecule has 2 fully saturated rings. The lowest BCUT2D eigenvalue weighted by Gasteiger charge is -2.35. The third-order valence-electron chi connectivity index (χ3n) is 4.41. The topological polar surface area (TPSA) is 50.8 Å². The molecule has 1 N–H and O–H groups in total. The lowest BCUT2D eigenvalue weighted by molar-refractivity contribution is -0.130. The summed E-state index contributed by atoms with van der Waals surface area (Å²) in [7, 11) is 0. The molecule has 2 aliphatic heterocycles. The van der Waals surface area contributed by atoms with Crippen LogP contribution in [0.25, 0.3) is 0 Å². The second kappa shape index (κ2) is 8.11. The van der Waals surface area contributed by atoms with Gasteiger partial charge in [0.15, 0.2) is 0 Å². The number of carbonyl (C=O) groups is 1. The fourth-order valence-corrected chi connectivity index (χ4v) is 3.36. The summed E-state index contributed by atoms with van der Waals surface area (Å²) in [6, 6.07) is 7.95. The Morgan fingerprint density at radius 3 is 2.87 bits per heavy atom. The van der Waals surface area contributed by atoms with Crippen molar-refractivity contribution in [2.75, 3.05) is 39.5 Å². The van der Waals surface area contributed by atoms with Gasteiger partial charge in [-0.1, -0.05) is 23.7 Å². The number of amides is 1. The number of carbonyl (C=O) groups excluding carboxylic acids is 1. The van der Waals surface area contributed by atoms with E-state index in [1.165, 1.54) is 0 Å². The van der Waals surface area contributed by atoms with Crippen LogP contribution in [0.5, 0.6) is 0 Å². The zero-order valence-electron chi connectivity index (χ0n) is 13.2. The Hall–Kier alpha value is -1.14. The van der Waals surface area contributed by atoms with E-state index < -0.39 is 0 Å². The number of benzene rings is 1. The SMILES string of the molecule is O=C(NC[C@H](c1cccc(Cl)c1)N1CCOCC1)[C@@H]1CCCO1. The number of halogens is 1. The number of rotatable bonds is 5. The Kier molecular flexibility index (Phi) is 5.89. The summed E-state index contributed by atoms with van der Waals surface area (Å²) in [5.41, 5.74) is 1.12. The van der Waals surface area contributed by atoms with Gasteiger partial charge in [-0.15, -0.1) is 0 Å². The van der Waals surface area contributed by atoms with E-state index in [0.717, 1.165) is 44.7 Å². The first kappa shape index (κ1) is 16.7. The lowest BCUT2D eigenvalue weighted by Crippen LogP contribution is -2.45. The van der Waals surface area contributed by atoms with Gasteiger partial charge in [-0.3, -0.25) is 9.69 Å². The van der Waals surface area contributed by atoms with Gasteiger partial charge in [0.1, 0.15) is 6.10 Å². The van der Waals surface area contributed by atoms with Crippen LogP contribution in [0.1, 0.15) is 24.4 Å². The minimum atomic E-state index is -0.292. The summed E-state index contributed by atoms with van der Waals surface area (Å²) >= 11 is 6.14. The van der Waals surface area contributed by atoms with E-state index in [0.29, 0.717) is 18.2 Å². The van der Waals surface area contributed by atoms with Crippen molar-refractivity contribution in [1.29, 1.82) is 0 Å². The van der Waals surface area contributed by atoms with E-state index in [9.17, 15) is 4.79 Å². The van der Waals surface area contributed by atoms with Gasteiger partial charge in [0.25, 0.3) is 0 Å². The van der Waals surface area contributed by atoms with Crippen molar-refractivity contribution in [3.8, 4) is 0 Å². The third-order valence-corrected chi connectivity index (χ3v) is 4.65. The molecule has 1 aromatic rings. The molecule has 5 nitrogen and oxygen atoms in total. The highest BCUT2D eigenvalue weighted by Gasteiger charge is 2.27. The minimum Gasteiger partial charge on any atom is -0.379 e. The van der Waals surface area contributed by atoms with Gasteiger partial charge in [-0.2, -0.15) is 0 Å². The maximum atomic E-state index is 12.2. The van der Waals surface area contributed by atoms with Crippen molar-refractivity contribution in [2.45, 2.75) is 25.0 Å². The summed E-state index contributed by atoms with van der Waals surface area (Å²) in [6.07, 6.45) is 1.48. The lowest BCUT2D eigenvalue weighted by atomic mass is 10.0. The van der Waals surface area contributed by atoms with Gasteiger partial charge in [0.05, 0.1) is 19.3 Å². The molecule has 0 bridgehead atoms. The predicted molar refractivity (Wildman–Crippen MR) is 88.6 cm³/mol. The maximum absolute atomic E-state index is 12.2. The first-order valence-corrected chi connectivity index (χ1v) is 8.58. The largest absolute Gasteiger partial charge is 0.379 e. The van der Waals surface area contributed by atoms with E-state index in [1.807, 2.05) is 18.2 Å². The molecule has 1 aromatic carbocycles. The molecular formula is C17H23ClN2O3. The van der Waals surface area contributed by atoms with Crippen molar-refractivity contribution in [3.63, 3.8) is 0 Å². The molecule has 0 radical (unpaired) electrons. The van der Waals surface area contributed by atoms with Crippen LogP contribution in [-0.4, -0.2) is 56.4 Å². The van der Waals surface area contributed by atoms with Crippen molar-refractivity contribution in [2.24, 2.45) is 0 Å². The van der Waals surface area contributed by atoms with E-state index in [2.05, 4.69) is 16.3 Å². The first-order chi connectivity index (χ1) is 11.2. The summed E-state index contributed by atoms with van der Waals surface area (Å²) in [4.78, 5) is 14.6. The monoisotopic (exact) mass is 338 g/mol. The Morgan fingerprint density at radius 2 is 2.17 bits per heavy atom. The van der Waals surface area contributed by atoms with Gasteiger partial charge >= 0.3 is 0 Å². The molecular weight excluding hydrogens is 316 g/mol. The maximum Gasteiger partial charge on any atom is 0.249 e. The Bertz CT molecular complexity index is 528. The summed E-state index contributed by atoms with van der Waals surface area (Å²) in [6.45, 7) is 4.38. The molecule has 2 aliphatic rings. The summed E-state index contributed by atoms with van der Waals surface area (Å²) in [5.74, 6) is -0.0113. The molecule has 0 spiro atoms. The predicted octanol–water partition coefficient (Wildman–Crippen LogP) is 2.01. The first-order valence-electron chi connectivity index (χ1n) is 8.20. The Labute approximate surface area is 141 Å². The standard InChI is InChI=1S/C17H23ClN2O3/c18-14-4-1-3-13(11-14)15(20-6-9-22-10-7-20)12-19-17(21)16-5-2-8-23-16/h1,3-4,11,15-16H,2,5-10,12H2,(H,19,21)/t15-,16+/m1/s1. The van der Waals surface area contributed by atoms with Gasteiger partial charge < -0.3 is 14.8 Å². The number of hydrogen-bond acceptors (Lipinski definition) is 4. The van der Waals surface area contributed by atoms with Crippen molar-refractivity contribution >= 4 is 17.5 Å². The second-order valence-electron chi connectivity index (χ2n) is 5.97. The summed E-state index contributed by atoms with van der Waals surface area (Å²) < 4.78 is 10.9. The van der Waals surface area contributed by atoms with Gasteiger partial charge in [0, 0.05) is 31.3 Å². The fourth-order valence-electron chi connectivity index (χ4n) is 3.16. The van der Waals surface area contributed by atoms with Crippen LogP contribution in [0.3, 0.4) is 0 Å². The van der Waals surface area contributed by atoms with Crippen LogP contribution in [0, 0.1) is 0 Å². The molecule has 23 heavy (non-hydrogen) atoms. The van der Waals surface area contributed by atoms with Crippen molar-refractivity contribution < 1.29 is 14.3 Å². The highest BCUT2D eigenvalue weighted by Crippen LogP contribution is 2.24. The normalized spacial score (nSPS) is 23.6. The highest BCUT2D eigenvalue weighted by atomic mass is 35.5. The van der Waals surface area contributed by atoms with E-state index in [1.54, 1.807) is 0 Å². The van der Waals surface area contributed by atoms with E-state index in [4.69, 9.17) is 21.1 Å². The molecule has 3 rings (SSSR count). The number of nitrogens with one attached hydrogen (secondary N) is 1. The zero-order valence-corrected chi connectivity index (χ0v) is 13.9. The van der Waals surface area contributed by atoms with Crippen molar-refractivity contribution in [1.82, 2.24) is 10.2 Å². The van der Waals surface area contributed by atoms with Crippen LogP contribution in [0.15, 0.2) is 24.3 Å². The second-order valence-corrected chi connectivity index (χ2v) is 6.40. The molecule has 126 valence electrons. The van der Waals surface area contributed by atoms with Crippen LogP contribution >= 0.6 is 11.6 Å². The van der Waals surface area contributed by atoms with Gasteiger partial charge in [0.2, 0.25) is 5.91 Å². The molecule has 2 atom stereocenters. The molecule has 1 amide bonds. The van der Waals surface area contributed by atoms with Crippen LogP contribution in [0.4, 0.5) is 0 Å². The van der Waals surface area contributed by atoms with Crippen LogP contribution < -0.4 is 5.32 Å². The Morgan fingerprint density at radius 1 is 1.35 bits per heavy atom. The molecule has 2 heterocycles. The summed E-state index contributed by atoms with van der Waals surface area (Å²) in [5, 5.41) is 3.76. The average molecular weight is 339 g/mol. The number of hydrogen-bond donors (Lipinski definition) is 1. The van der Waals surface area contributed by atoms with E-state index >= 15 is 0 Å². The smallest absolute Gasteiger partial charge is 0.249 e. The van der Waals surface area contributed by atoms with Crippen molar-refractivity contribution in [3.05, 3.63) is 34.9 Å². The van der Waals surface area contributed by atoms with E-state index in [-0.39, 0.29) is 18.1 Å². The molecule has 6 heteroatoms. The van der Waals surface area contributed by atoms with Crippen LogP contribution in [-0.2, 0) is 14.3 Å².